The van der Waals surface area contributed by atoms with Gasteiger partial charge in [-0.25, -0.2) is 14.6 Å². The lowest BCUT2D eigenvalue weighted by atomic mass is 10.2. The Morgan fingerprint density at radius 2 is 2.10 bits per heavy atom. The number of nitrogens with zero attached hydrogens (tertiary/aromatic N) is 2. The summed E-state index contributed by atoms with van der Waals surface area (Å²) < 4.78 is 11.4. The molecule has 7 nitrogen and oxygen atoms in total. The number of esters is 1. The van der Waals surface area contributed by atoms with Crippen LogP contribution in [0.3, 0.4) is 0 Å². The smallest absolute Gasteiger partial charge is 0.407 e. The summed E-state index contributed by atoms with van der Waals surface area (Å²) >= 11 is 0. The molecule has 0 spiro atoms. The van der Waals surface area contributed by atoms with E-state index in [-0.39, 0.29) is 6.04 Å². The molecule has 0 saturated heterocycles. The number of ether oxygens (including phenoxy) is 2. The summed E-state index contributed by atoms with van der Waals surface area (Å²) in [6.45, 7) is 7.59. The Labute approximate surface area is 118 Å². The van der Waals surface area contributed by atoms with Gasteiger partial charge in [-0.1, -0.05) is 0 Å². The quantitative estimate of drug-likeness (QED) is 0.848. The van der Waals surface area contributed by atoms with Crippen molar-refractivity contribution < 1.29 is 19.1 Å². The zero-order valence-electron chi connectivity index (χ0n) is 12.5. The molecule has 0 aliphatic rings. The summed E-state index contributed by atoms with van der Waals surface area (Å²) in [4.78, 5) is 27.0. The Morgan fingerprint density at radius 1 is 1.45 bits per heavy atom. The first-order valence-corrected chi connectivity index (χ1v) is 6.31. The summed E-state index contributed by atoms with van der Waals surface area (Å²) in [6, 6.07) is -0.220. The molecule has 1 amide bonds. The van der Waals surface area contributed by atoms with E-state index in [9.17, 15) is 9.59 Å². The predicted molar refractivity (Wildman–Crippen MR) is 72.4 cm³/mol. The molecular formula is C13H21N3O4. The fraction of sp³-hybridized carbons (Fsp3) is 0.615. The summed E-state index contributed by atoms with van der Waals surface area (Å²) in [7, 11) is 1.31. The zero-order valence-corrected chi connectivity index (χ0v) is 12.5. The van der Waals surface area contributed by atoms with Crippen LogP contribution >= 0.6 is 0 Å². The molecule has 0 fully saturated rings. The van der Waals surface area contributed by atoms with E-state index < -0.39 is 17.7 Å². The summed E-state index contributed by atoms with van der Waals surface area (Å²) in [6.07, 6.45) is 2.44. The molecule has 1 aromatic heterocycles. The number of alkyl carbamates (subject to hydrolysis) is 1. The lowest BCUT2D eigenvalue weighted by Crippen LogP contribution is -2.39. The van der Waals surface area contributed by atoms with Crippen molar-refractivity contribution in [2.45, 2.75) is 45.9 Å². The third-order valence-electron chi connectivity index (χ3n) is 2.34. The Morgan fingerprint density at radius 3 is 2.65 bits per heavy atom. The highest BCUT2D eigenvalue weighted by atomic mass is 16.6. The van der Waals surface area contributed by atoms with Gasteiger partial charge in [-0.05, 0) is 27.7 Å². The van der Waals surface area contributed by atoms with Crippen LogP contribution in [0.5, 0.6) is 0 Å². The highest BCUT2D eigenvalue weighted by molar-refractivity contribution is 5.87. The first kappa shape index (κ1) is 16.0. The Kier molecular flexibility index (Phi) is 5.12. The van der Waals surface area contributed by atoms with Crippen molar-refractivity contribution in [2.24, 2.45) is 0 Å². The maximum atomic E-state index is 11.6. The number of methoxy groups -OCH3 is 1. The van der Waals surface area contributed by atoms with Gasteiger partial charge >= 0.3 is 12.1 Å². The molecular weight excluding hydrogens is 262 g/mol. The van der Waals surface area contributed by atoms with Gasteiger partial charge in [0.25, 0.3) is 0 Å². The average Bonchev–Trinajstić information content (AvgIpc) is 2.73. The van der Waals surface area contributed by atoms with Crippen LogP contribution in [0, 0.1) is 0 Å². The van der Waals surface area contributed by atoms with E-state index in [1.165, 1.54) is 19.6 Å². The van der Waals surface area contributed by atoms with E-state index in [4.69, 9.17) is 4.74 Å². The van der Waals surface area contributed by atoms with Crippen LogP contribution < -0.4 is 5.32 Å². The predicted octanol–water partition coefficient (Wildman–Crippen LogP) is 1.58. The third-order valence-corrected chi connectivity index (χ3v) is 2.34. The molecule has 0 saturated carbocycles. The van der Waals surface area contributed by atoms with Crippen LogP contribution in [0.2, 0.25) is 0 Å². The average molecular weight is 283 g/mol. The Bertz CT molecular complexity index is 476. The molecule has 0 bridgehead atoms. The minimum Gasteiger partial charge on any atom is -0.464 e. The second-order valence-corrected chi connectivity index (χ2v) is 5.47. The number of amides is 1. The van der Waals surface area contributed by atoms with Crippen LogP contribution in [0.15, 0.2) is 12.5 Å². The molecule has 1 atom stereocenters. The number of nitrogens with one attached hydrogen (secondary N) is 1. The molecule has 1 rings (SSSR count). The lowest BCUT2D eigenvalue weighted by Gasteiger charge is -2.22. The van der Waals surface area contributed by atoms with Crippen LogP contribution in [0.25, 0.3) is 0 Å². The van der Waals surface area contributed by atoms with Gasteiger partial charge in [0.15, 0.2) is 0 Å². The minimum atomic E-state index is -0.546. The normalized spacial score (nSPS) is 12.7. The minimum absolute atomic E-state index is 0.220. The number of hydrogen-bond acceptors (Lipinski definition) is 5. The summed E-state index contributed by atoms with van der Waals surface area (Å²) in [5.41, 5.74) is -0.207. The number of carbonyl (C=O) groups is 2. The fourth-order valence-electron chi connectivity index (χ4n) is 1.59. The first-order chi connectivity index (χ1) is 9.23. The van der Waals surface area contributed by atoms with Crippen molar-refractivity contribution >= 4 is 12.1 Å². The fourth-order valence-corrected chi connectivity index (χ4v) is 1.59. The molecule has 0 radical (unpaired) electrons. The number of imidazole rings is 1. The van der Waals surface area contributed by atoms with Gasteiger partial charge in [-0.15, -0.1) is 0 Å². The summed E-state index contributed by atoms with van der Waals surface area (Å²) in [5, 5.41) is 2.70. The third kappa shape index (κ3) is 4.91. The van der Waals surface area contributed by atoms with Crippen LogP contribution in [0.4, 0.5) is 4.79 Å². The molecule has 0 aliphatic heterocycles. The van der Waals surface area contributed by atoms with Gasteiger partial charge in [0.05, 0.1) is 19.6 Å². The van der Waals surface area contributed by atoms with Gasteiger partial charge in [0.1, 0.15) is 11.3 Å². The van der Waals surface area contributed by atoms with E-state index in [2.05, 4.69) is 15.0 Å². The standard InChI is InChI=1S/C13H21N3O4/c1-9(15-12(18)20-13(2,3)4)7-16-8-14-6-10(16)11(17)19-5/h6,8-9H,7H2,1-5H3,(H,15,18)/t9-/m1/s1. The van der Waals surface area contributed by atoms with Crippen molar-refractivity contribution in [3.8, 4) is 0 Å². The number of hydrogen-bond donors (Lipinski definition) is 1. The second-order valence-electron chi connectivity index (χ2n) is 5.47. The van der Waals surface area contributed by atoms with Crippen LogP contribution in [-0.4, -0.2) is 40.4 Å². The van der Waals surface area contributed by atoms with E-state index >= 15 is 0 Å². The van der Waals surface area contributed by atoms with Gasteiger partial charge in [0.2, 0.25) is 0 Å². The molecule has 1 aromatic rings. The largest absolute Gasteiger partial charge is 0.464 e. The molecule has 7 heteroatoms. The maximum Gasteiger partial charge on any atom is 0.407 e. The molecule has 0 unspecified atom stereocenters. The van der Waals surface area contributed by atoms with Gasteiger partial charge in [0, 0.05) is 12.6 Å². The number of rotatable bonds is 4. The zero-order chi connectivity index (χ0) is 15.3. The molecule has 112 valence electrons. The van der Waals surface area contributed by atoms with Crippen LogP contribution in [-0.2, 0) is 16.0 Å². The Hall–Kier alpha value is -2.05. The molecule has 1 heterocycles. The SMILES string of the molecule is COC(=O)c1cncn1C[C@@H](C)NC(=O)OC(C)(C)C. The van der Waals surface area contributed by atoms with Crippen molar-refractivity contribution in [3.05, 3.63) is 18.2 Å². The maximum absolute atomic E-state index is 11.6. The molecule has 1 N–H and O–H groups in total. The first-order valence-electron chi connectivity index (χ1n) is 6.31. The van der Waals surface area contributed by atoms with Crippen molar-refractivity contribution in [2.75, 3.05) is 7.11 Å². The molecule has 0 aliphatic carbocycles. The van der Waals surface area contributed by atoms with Crippen molar-refractivity contribution in [1.82, 2.24) is 14.9 Å². The summed E-state index contributed by atoms with van der Waals surface area (Å²) in [5.74, 6) is -0.466. The van der Waals surface area contributed by atoms with Gasteiger partial charge in [-0.3, -0.25) is 0 Å². The van der Waals surface area contributed by atoms with Crippen LogP contribution in [0.1, 0.15) is 38.2 Å². The lowest BCUT2D eigenvalue weighted by molar-refractivity contribution is 0.0504. The Balaban J connectivity index is 2.59. The van der Waals surface area contributed by atoms with E-state index in [0.717, 1.165) is 0 Å². The van der Waals surface area contributed by atoms with Crippen molar-refractivity contribution in [1.29, 1.82) is 0 Å². The molecule has 0 aromatic carbocycles. The highest BCUT2D eigenvalue weighted by Crippen LogP contribution is 2.07. The van der Waals surface area contributed by atoms with Gasteiger partial charge < -0.3 is 19.4 Å². The van der Waals surface area contributed by atoms with E-state index in [0.29, 0.717) is 12.2 Å². The molecule has 20 heavy (non-hydrogen) atoms. The van der Waals surface area contributed by atoms with Crippen molar-refractivity contribution in [3.63, 3.8) is 0 Å². The van der Waals surface area contributed by atoms with E-state index in [1.54, 1.807) is 25.3 Å². The highest BCUT2D eigenvalue weighted by Gasteiger charge is 2.19. The number of aromatic nitrogens is 2. The topological polar surface area (TPSA) is 82.5 Å². The monoisotopic (exact) mass is 283 g/mol. The van der Waals surface area contributed by atoms with E-state index in [1.807, 2.05) is 6.92 Å². The van der Waals surface area contributed by atoms with Gasteiger partial charge in [-0.2, -0.15) is 0 Å². The second kappa shape index (κ2) is 6.40. The number of carbonyl (C=O) groups excluding carboxylic acids is 2.